The molecule has 2 rings (SSSR count). The van der Waals surface area contributed by atoms with E-state index in [0.29, 0.717) is 41.7 Å². The van der Waals surface area contributed by atoms with Gasteiger partial charge in [-0.05, 0) is 49.2 Å². The molecule has 0 spiro atoms. The Morgan fingerprint density at radius 3 is 2.57 bits per heavy atom. The van der Waals surface area contributed by atoms with Crippen molar-refractivity contribution in [3.63, 3.8) is 0 Å². The molecule has 0 saturated carbocycles. The largest absolute Gasteiger partial charge is 0.493 e. The highest BCUT2D eigenvalue weighted by molar-refractivity contribution is 6.10. The van der Waals surface area contributed by atoms with Crippen LogP contribution in [0.2, 0.25) is 0 Å². The van der Waals surface area contributed by atoms with Crippen LogP contribution in [0.25, 0.3) is 6.08 Å². The number of nitriles is 1. The zero-order valence-corrected chi connectivity index (χ0v) is 16.3. The maximum absolute atomic E-state index is 12.6. The first-order valence-electron chi connectivity index (χ1n) is 9.08. The van der Waals surface area contributed by atoms with E-state index in [1.54, 1.807) is 43.5 Å². The maximum Gasteiger partial charge on any atom is 0.266 e. The van der Waals surface area contributed by atoms with Crippen LogP contribution in [0.3, 0.4) is 0 Å². The molecule has 28 heavy (non-hydrogen) atoms. The fourth-order valence-electron chi connectivity index (χ4n) is 2.46. The normalized spacial score (nSPS) is 10.7. The molecule has 1 N–H and O–H groups in total. The van der Waals surface area contributed by atoms with Crippen molar-refractivity contribution in [1.82, 2.24) is 0 Å². The van der Waals surface area contributed by atoms with Gasteiger partial charge in [0, 0.05) is 0 Å². The molecule has 0 heterocycles. The van der Waals surface area contributed by atoms with Gasteiger partial charge in [0.1, 0.15) is 17.4 Å². The van der Waals surface area contributed by atoms with E-state index in [0.717, 1.165) is 6.42 Å². The summed E-state index contributed by atoms with van der Waals surface area (Å²) in [6.45, 7) is 4.89. The molecule has 6 nitrogen and oxygen atoms in total. The van der Waals surface area contributed by atoms with Gasteiger partial charge in [0.05, 0.1) is 26.0 Å². The molecule has 0 atom stereocenters. The number of amides is 1. The molecular formula is C22H24N2O4. The van der Waals surface area contributed by atoms with E-state index in [9.17, 15) is 10.1 Å². The van der Waals surface area contributed by atoms with Gasteiger partial charge in [-0.15, -0.1) is 0 Å². The SMILES string of the molecule is CCCOc1cc(/C=C(\C#N)C(=O)Nc2ccccc2OCC)ccc1OC. The minimum Gasteiger partial charge on any atom is -0.493 e. The highest BCUT2D eigenvalue weighted by Gasteiger charge is 2.13. The van der Waals surface area contributed by atoms with Crippen molar-refractivity contribution in [2.24, 2.45) is 0 Å². The van der Waals surface area contributed by atoms with E-state index in [-0.39, 0.29) is 5.57 Å². The number of anilines is 1. The Bertz CT molecular complexity index is 884. The van der Waals surface area contributed by atoms with Gasteiger partial charge < -0.3 is 19.5 Å². The third-order valence-corrected chi connectivity index (χ3v) is 3.76. The first-order chi connectivity index (χ1) is 13.6. The summed E-state index contributed by atoms with van der Waals surface area (Å²) >= 11 is 0. The number of benzene rings is 2. The Morgan fingerprint density at radius 2 is 1.89 bits per heavy atom. The predicted octanol–water partition coefficient (Wildman–Crippen LogP) is 4.43. The summed E-state index contributed by atoms with van der Waals surface area (Å²) in [4.78, 5) is 12.6. The van der Waals surface area contributed by atoms with Crippen molar-refractivity contribution in [1.29, 1.82) is 5.26 Å². The van der Waals surface area contributed by atoms with Gasteiger partial charge in [-0.1, -0.05) is 25.1 Å². The van der Waals surface area contributed by atoms with Gasteiger partial charge in [0.2, 0.25) is 0 Å². The van der Waals surface area contributed by atoms with Crippen LogP contribution >= 0.6 is 0 Å². The first-order valence-corrected chi connectivity index (χ1v) is 9.08. The minimum atomic E-state index is -0.513. The van der Waals surface area contributed by atoms with E-state index >= 15 is 0 Å². The Labute approximate surface area is 165 Å². The summed E-state index contributed by atoms with van der Waals surface area (Å²) in [7, 11) is 1.56. The Kier molecular flexibility index (Phi) is 7.92. The highest BCUT2D eigenvalue weighted by atomic mass is 16.5. The van der Waals surface area contributed by atoms with Gasteiger partial charge in [-0.2, -0.15) is 5.26 Å². The third-order valence-electron chi connectivity index (χ3n) is 3.76. The topological polar surface area (TPSA) is 80.6 Å². The third kappa shape index (κ3) is 5.52. The lowest BCUT2D eigenvalue weighted by Gasteiger charge is -2.12. The fourth-order valence-corrected chi connectivity index (χ4v) is 2.46. The van der Waals surface area contributed by atoms with Crippen LogP contribution in [0.4, 0.5) is 5.69 Å². The Balaban J connectivity index is 2.26. The second-order valence-corrected chi connectivity index (χ2v) is 5.81. The molecule has 0 aliphatic rings. The van der Waals surface area contributed by atoms with Crippen molar-refractivity contribution >= 4 is 17.7 Å². The molecule has 0 aromatic heterocycles. The molecule has 0 aliphatic carbocycles. The van der Waals surface area contributed by atoms with E-state index in [1.165, 1.54) is 6.08 Å². The lowest BCUT2D eigenvalue weighted by Crippen LogP contribution is -2.14. The lowest BCUT2D eigenvalue weighted by atomic mass is 10.1. The summed E-state index contributed by atoms with van der Waals surface area (Å²) in [6.07, 6.45) is 2.37. The standard InChI is InChI=1S/C22H24N2O4/c1-4-12-28-21-14-16(10-11-20(21)26-3)13-17(15-23)22(25)24-18-8-6-7-9-19(18)27-5-2/h6-11,13-14H,4-5,12H2,1-3H3,(H,24,25)/b17-13+. The average Bonchev–Trinajstić information content (AvgIpc) is 2.72. The van der Waals surface area contributed by atoms with Gasteiger partial charge in [0.15, 0.2) is 11.5 Å². The van der Waals surface area contributed by atoms with Gasteiger partial charge in [-0.25, -0.2) is 0 Å². The number of carbonyl (C=O) groups excluding carboxylic acids is 1. The molecule has 0 fully saturated rings. The quantitative estimate of drug-likeness (QED) is 0.514. The van der Waals surface area contributed by atoms with Crippen LogP contribution in [0, 0.1) is 11.3 Å². The van der Waals surface area contributed by atoms with Crippen LogP contribution < -0.4 is 19.5 Å². The molecule has 2 aromatic rings. The number of nitrogens with one attached hydrogen (secondary N) is 1. The number of hydrogen-bond acceptors (Lipinski definition) is 5. The van der Waals surface area contributed by atoms with Crippen LogP contribution in [-0.4, -0.2) is 26.2 Å². The molecule has 0 saturated heterocycles. The summed E-state index contributed by atoms with van der Waals surface area (Å²) in [5.74, 6) is 1.20. The lowest BCUT2D eigenvalue weighted by molar-refractivity contribution is -0.112. The van der Waals surface area contributed by atoms with Crippen molar-refractivity contribution in [3.05, 3.63) is 53.6 Å². The number of methoxy groups -OCH3 is 1. The molecule has 0 bridgehead atoms. The summed E-state index contributed by atoms with van der Waals surface area (Å²) in [6, 6.07) is 14.3. The minimum absolute atomic E-state index is 0.0297. The zero-order valence-electron chi connectivity index (χ0n) is 16.3. The number of nitrogens with zero attached hydrogens (tertiary/aromatic N) is 1. The van der Waals surface area contributed by atoms with Gasteiger partial charge in [0.25, 0.3) is 5.91 Å². The zero-order chi connectivity index (χ0) is 20.4. The van der Waals surface area contributed by atoms with Crippen LogP contribution in [-0.2, 0) is 4.79 Å². The number of rotatable bonds is 9. The molecule has 0 unspecified atom stereocenters. The van der Waals surface area contributed by atoms with Crippen LogP contribution in [0.1, 0.15) is 25.8 Å². The maximum atomic E-state index is 12.6. The fraction of sp³-hybridized carbons (Fsp3) is 0.273. The number of ether oxygens (including phenoxy) is 3. The summed E-state index contributed by atoms with van der Waals surface area (Å²) in [5, 5.41) is 12.2. The molecule has 0 radical (unpaired) electrons. The van der Waals surface area contributed by atoms with Crippen molar-refractivity contribution < 1.29 is 19.0 Å². The van der Waals surface area contributed by atoms with Crippen LogP contribution in [0.5, 0.6) is 17.2 Å². The van der Waals surface area contributed by atoms with Crippen molar-refractivity contribution in [2.75, 3.05) is 25.6 Å². The van der Waals surface area contributed by atoms with Crippen molar-refractivity contribution in [2.45, 2.75) is 20.3 Å². The Morgan fingerprint density at radius 1 is 1.11 bits per heavy atom. The van der Waals surface area contributed by atoms with E-state index < -0.39 is 5.91 Å². The van der Waals surface area contributed by atoms with E-state index in [4.69, 9.17) is 14.2 Å². The molecule has 0 aliphatic heterocycles. The first kappa shape index (κ1) is 20.8. The van der Waals surface area contributed by atoms with E-state index in [2.05, 4.69) is 5.32 Å². The summed E-state index contributed by atoms with van der Waals surface area (Å²) < 4.78 is 16.5. The number of hydrogen-bond donors (Lipinski definition) is 1. The molecule has 6 heteroatoms. The smallest absolute Gasteiger partial charge is 0.266 e. The molecule has 146 valence electrons. The number of carbonyl (C=O) groups is 1. The second kappa shape index (κ2) is 10.6. The van der Waals surface area contributed by atoms with Crippen molar-refractivity contribution in [3.8, 4) is 23.3 Å². The van der Waals surface area contributed by atoms with E-state index in [1.807, 2.05) is 26.0 Å². The van der Waals surface area contributed by atoms with Gasteiger partial charge >= 0.3 is 0 Å². The predicted molar refractivity (Wildman–Crippen MR) is 109 cm³/mol. The molecular weight excluding hydrogens is 356 g/mol. The second-order valence-electron chi connectivity index (χ2n) is 5.81. The molecule has 1 amide bonds. The average molecular weight is 380 g/mol. The monoisotopic (exact) mass is 380 g/mol. The highest BCUT2D eigenvalue weighted by Crippen LogP contribution is 2.29. The molecule has 2 aromatic carbocycles. The van der Waals surface area contributed by atoms with Crippen LogP contribution in [0.15, 0.2) is 48.0 Å². The Hall–Kier alpha value is -3.46. The number of para-hydroxylation sites is 2. The van der Waals surface area contributed by atoms with Gasteiger partial charge in [-0.3, -0.25) is 4.79 Å². The summed E-state index contributed by atoms with van der Waals surface area (Å²) in [5.41, 5.74) is 1.15.